The van der Waals surface area contributed by atoms with Gasteiger partial charge in [-0.3, -0.25) is 19.9 Å². The SMILES string of the molecule is Brc1nccnc1Br.C.F[B]P.OB(O)c1ccc2c(c1)oc1ccccc12.[Cl][Mo]([Cl])([Cl])([Cl])[Cl].c1ccc2c(c1)oc1cc(-c3nccnc3-c3ccc4c(c3)oc3ccccc34)ccc12.c1ccc2c(c1)oc1cc(-c3nccnc3-c3ccc4c(c3)oc3ccccc34)ccc12. The van der Waals surface area contributed by atoms with Crippen molar-refractivity contribution in [3.05, 3.63) is 259 Å². The average Bonchev–Trinajstić information content (AvgIpc) is 1.54. The Hall–Kier alpha value is -8.05. The van der Waals surface area contributed by atoms with Crippen molar-refractivity contribution >= 4 is 218 Å². The Morgan fingerprint density at radius 2 is 0.541 bits per heavy atom. The zero-order chi connectivity index (χ0) is 67.4. The molecule has 10 aromatic carbocycles. The average molecular weight is 1630 g/mol. The first kappa shape index (κ1) is 69.8. The van der Waals surface area contributed by atoms with Gasteiger partial charge in [0.15, 0.2) is 0 Å². The smallest absolute Gasteiger partial charge is 0.136 e. The molecule has 13 nitrogen and oxygen atoms in total. The summed E-state index contributed by atoms with van der Waals surface area (Å²) in [7, 11) is 21.7. The molecule has 0 bridgehead atoms. The van der Waals surface area contributed by atoms with Crippen LogP contribution < -0.4 is 5.46 Å². The molecule has 8 aromatic heterocycles. The third kappa shape index (κ3) is 15.8. The number of fused-ring (bicyclic) bond motifs is 15. The van der Waals surface area contributed by atoms with E-state index in [4.69, 9.17) is 79.2 Å². The van der Waals surface area contributed by atoms with Crippen molar-refractivity contribution in [2.75, 3.05) is 0 Å². The van der Waals surface area contributed by atoms with Crippen molar-refractivity contribution in [2.45, 2.75) is 7.43 Å². The molecule has 98 heavy (non-hydrogen) atoms. The Labute approximate surface area is 599 Å². The molecule has 18 aromatic rings. The second-order valence-electron chi connectivity index (χ2n) is 21.3. The Morgan fingerprint density at radius 1 is 0.337 bits per heavy atom. The molecule has 18 rings (SSSR count). The summed E-state index contributed by atoms with van der Waals surface area (Å²) < 4.78 is 41.6. The Balaban J connectivity index is 0.000000129. The van der Waals surface area contributed by atoms with Gasteiger partial charge in [0.05, 0.1) is 22.8 Å². The predicted molar refractivity (Wildman–Crippen MR) is 408 cm³/mol. The van der Waals surface area contributed by atoms with Crippen molar-refractivity contribution in [3.8, 4) is 45.0 Å². The van der Waals surface area contributed by atoms with Crippen LogP contribution in [0.25, 0.3) is 155 Å². The monoisotopic (exact) mass is 1620 g/mol. The molecule has 2 N–H and O–H groups in total. The molecule has 0 spiro atoms. The summed E-state index contributed by atoms with van der Waals surface area (Å²) in [6.45, 7) is 0. The maximum atomic E-state index is 10.1. The number of benzene rings is 10. The number of nitrogens with zero attached hydrogens (tertiary/aromatic N) is 6. The second-order valence-corrected chi connectivity index (χ2v) is 53.5. The minimum atomic E-state index is -4.26. The first-order valence-electron chi connectivity index (χ1n) is 29.3. The summed E-state index contributed by atoms with van der Waals surface area (Å²) in [5.41, 5.74) is 15.9. The first-order valence-corrected chi connectivity index (χ1v) is 44.4. The van der Waals surface area contributed by atoms with Gasteiger partial charge in [-0.15, -0.1) is 9.12 Å². The van der Waals surface area contributed by atoms with Crippen LogP contribution in [0.4, 0.5) is 4.32 Å². The molecular formula is C73H49B2Br2Cl5FMoN6O7P. The molecule has 1 atom stereocenters. The third-order valence-corrected chi connectivity index (χ3v) is 17.0. The van der Waals surface area contributed by atoms with E-state index < -0.39 is 16.7 Å². The molecule has 486 valence electrons. The van der Waals surface area contributed by atoms with Crippen LogP contribution in [-0.2, 0) is 9.60 Å². The molecule has 0 fully saturated rings. The number of aromatic nitrogens is 6. The second kappa shape index (κ2) is 30.2. The molecule has 1 unspecified atom stereocenters. The summed E-state index contributed by atoms with van der Waals surface area (Å²) in [5, 5.41) is 29.0. The van der Waals surface area contributed by atoms with E-state index in [0.717, 1.165) is 158 Å². The standard InChI is InChI=1S/2C28H16N2O2.C12H9BO3.C4H2Br2N2.CH4.BFH2P.5ClH.Mo/c2*1-3-7-23-19(5-1)21-11-9-17(15-25(21)31-23)27-28(30-14-13-29-27)18-10-12-22-20-6-2-4-8-24(20)32-26(22)16-18;14-13(15)8-5-6-10-9-3-1-2-4-11(9)16-12(10)7-8;5-3-4(6)8-2-1-7-3;;2-1-3;;;;;;/h2*1-16H;1-7,14-15H;1-2H;1H4;3H2;5*1H;/q;;;;;;;;;;;+5/p-5. The van der Waals surface area contributed by atoms with E-state index in [-0.39, 0.29) is 7.43 Å². The Kier molecular flexibility index (Phi) is 21.5. The van der Waals surface area contributed by atoms with Gasteiger partial charge in [-0.2, -0.15) is 0 Å². The van der Waals surface area contributed by atoms with Crippen LogP contribution in [0.1, 0.15) is 7.43 Å². The zero-order valence-corrected chi connectivity index (χ0v) is 60.1. The topological polar surface area (TPSA) is 183 Å². The maximum absolute atomic E-state index is 10.1. The van der Waals surface area contributed by atoms with Crippen LogP contribution in [-0.4, -0.2) is 54.3 Å². The van der Waals surface area contributed by atoms with Gasteiger partial charge in [-0.25, -0.2) is 9.97 Å². The number of rotatable bonds is 5. The van der Waals surface area contributed by atoms with Gasteiger partial charge in [0.2, 0.25) is 0 Å². The van der Waals surface area contributed by atoms with Crippen molar-refractivity contribution in [1.29, 1.82) is 0 Å². The maximum Gasteiger partial charge on any atom is 0.136 e. The number of furan rings is 5. The van der Waals surface area contributed by atoms with Gasteiger partial charge < -0.3 is 36.4 Å². The van der Waals surface area contributed by atoms with Crippen LogP contribution >= 0.6 is 88.1 Å². The van der Waals surface area contributed by atoms with E-state index in [0.29, 0.717) is 18.3 Å². The van der Waals surface area contributed by atoms with Crippen LogP contribution in [0.3, 0.4) is 0 Å². The largest absolute Gasteiger partial charge is 0.456 e. The summed E-state index contributed by atoms with van der Waals surface area (Å²) in [6, 6.07) is 70.1. The van der Waals surface area contributed by atoms with E-state index in [1.54, 1.807) is 58.4 Å². The fourth-order valence-electron chi connectivity index (χ4n) is 11.2. The summed E-state index contributed by atoms with van der Waals surface area (Å²) in [6.07, 6.45) is 10.1. The fraction of sp³-hybridized carbons (Fsp3) is 0.0137. The van der Waals surface area contributed by atoms with Gasteiger partial charge in [0, 0.05) is 113 Å². The molecule has 8 heterocycles. The van der Waals surface area contributed by atoms with E-state index >= 15 is 0 Å². The van der Waals surface area contributed by atoms with Crippen LogP contribution in [0.15, 0.2) is 281 Å². The number of para-hydroxylation sites is 5. The molecule has 0 aliphatic carbocycles. The van der Waals surface area contributed by atoms with Gasteiger partial charge in [-0.1, -0.05) is 135 Å². The molecular weight excluding hydrogens is 1580 g/mol. The zero-order valence-electron chi connectivity index (χ0n) is 50.0. The van der Waals surface area contributed by atoms with Crippen molar-refractivity contribution in [1.82, 2.24) is 29.9 Å². The van der Waals surface area contributed by atoms with Crippen LogP contribution in [0.5, 0.6) is 0 Å². The molecule has 0 saturated heterocycles. The minimum Gasteiger partial charge on any atom is -0.456 e. The Bertz CT molecular complexity index is 5350. The third-order valence-electron chi connectivity index (χ3n) is 15.3. The van der Waals surface area contributed by atoms with Gasteiger partial charge >= 0.3 is 71.1 Å². The number of hydrogen-bond donors (Lipinski definition) is 2. The number of halogens is 8. The van der Waals surface area contributed by atoms with E-state index in [9.17, 15) is 4.32 Å². The van der Waals surface area contributed by atoms with E-state index in [1.165, 1.54) is 0 Å². The van der Waals surface area contributed by atoms with Gasteiger partial charge in [0.25, 0.3) is 0 Å². The van der Waals surface area contributed by atoms with E-state index in [2.05, 4.69) is 135 Å². The predicted octanol–water partition coefficient (Wildman–Crippen LogP) is 22.9. The van der Waals surface area contributed by atoms with Crippen LogP contribution in [0.2, 0.25) is 0 Å². The molecule has 1 radical (unpaired) electrons. The summed E-state index contributed by atoms with van der Waals surface area (Å²) >= 11 is 6.35. The minimum absolute atomic E-state index is 0. The number of hydrogen-bond acceptors (Lipinski definition) is 13. The summed E-state index contributed by atoms with van der Waals surface area (Å²) in [5.74, 6) is 0. The molecule has 0 aliphatic heterocycles. The Morgan fingerprint density at radius 3 is 0.776 bits per heavy atom. The van der Waals surface area contributed by atoms with Crippen molar-refractivity contribution in [3.63, 3.8) is 0 Å². The molecule has 0 saturated carbocycles. The molecule has 0 aliphatic rings. The van der Waals surface area contributed by atoms with Crippen molar-refractivity contribution < 1.29 is 46.1 Å². The normalized spacial score (nSPS) is 11.6. The van der Waals surface area contributed by atoms with Gasteiger partial charge in [-0.05, 0) is 122 Å². The molecule has 0 amide bonds. The summed E-state index contributed by atoms with van der Waals surface area (Å²) in [4.78, 5) is 26.5. The van der Waals surface area contributed by atoms with Crippen molar-refractivity contribution in [2.24, 2.45) is 0 Å². The van der Waals surface area contributed by atoms with Gasteiger partial charge in [0.1, 0.15) is 65.0 Å². The molecule has 25 heteroatoms. The van der Waals surface area contributed by atoms with E-state index in [1.807, 2.05) is 127 Å². The van der Waals surface area contributed by atoms with Crippen LogP contribution in [0, 0.1) is 0 Å². The first-order chi connectivity index (χ1) is 46.9. The quantitative estimate of drug-likeness (QED) is 0.123. The fourth-order valence-corrected chi connectivity index (χ4v) is 11.7.